The molecule has 0 radical (unpaired) electrons. The summed E-state index contributed by atoms with van der Waals surface area (Å²) in [5.41, 5.74) is 1.10. The molecule has 8 heteroatoms. The quantitative estimate of drug-likeness (QED) is 0.765. The molecule has 0 bridgehead atoms. The number of fused-ring (bicyclic) bond motifs is 1. The number of amides is 3. The molecule has 0 aliphatic carbocycles. The maximum Gasteiger partial charge on any atom is 0.328 e. The molecule has 0 atom stereocenters. The Balaban J connectivity index is 1.98. The lowest BCUT2D eigenvalue weighted by atomic mass is 10.3. The first-order valence-electron chi connectivity index (χ1n) is 5.60. The van der Waals surface area contributed by atoms with E-state index >= 15 is 0 Å². The maximum atomic E-state index is 11.7. The van der Waals surface area contributed by atoms with Gasteiger partial charge in [0.1, 0.15) is 0 Å². The number of carbonyl (C=O) groups excluding carboxylic acids is 3. The van der Waals surface area contributed by atoms with Crippen LogP contribution in [0.3, 0.4) is 0 Å². The molecule has 1 aliphatic heterocycles. The second kappa shape index (κ2) is 4.16. The first kappa shape index (κ1) is 11.3. The fraction of sp³-hybridized carbons (Fsp3) is 0.182. The Hall–Kier alpha value is -2.77. The highest BCUT2D eigenvalue weighted by molar-refractivity contribution is 6.05. The van der Waals surface area contributed by atoms with Gasteiger partial charge in [0.25, 0.3) is 0 Å². The number of rotatable bonds is 2. The largest absolute Gasteiger partial charge is 0.328 e. The van der Waals surface area contributed by atoms with Crippen LogP contribution < -0.4 is 10.2 Å². The van der Waals surface area contributed by atoms with Gasteiger partial charge in [0.15, 0.2) is 11.9 Å². The Morgan fingerprint density at radius 1 is 1.32 bits per heavy atom. The highest BCUT2D eigenvalue weighted by Gasteiger charge is 2.24. The monoisotopic (exact) mass is 259 g/mol. The molecule has 3 heterocycles. The van der Waals surface area contributed by atoms with Crippen molar-refractivity contribution >= 4 is 29.6 Å². The highest BCUT2D eigenvalue weighted by atomic mass is 16.2. The Morgan fingerprint density at radius 2 is 2.16 bits per heavy atom. The lowest BCUT2D eigenvalue weighted by Gasteiger charge is -2.26. The van der Waals surface area contributed by atoms with Gasteiger partial charge < -0.3 is 0 Å². The number of hydrogen-bond acceptors (Lipinski definition) is 5. The van der Waals surface area contributed by atoms with Crippen LogP contribution in [0.4, 0.5) is 10.5 Å². The molecule has 8 nitrogen and oxygen atoms in total. The van der Waals surface area contributed by atoms with E-state index in [1.165, 1.54) is 9.42 Å². The van der Waals surface area contributed by atoms with E-state index < -0.39 is 6.03 Å². The third-order valence-electron chi connectivity index (χ3n) is 2.80. The maximum absolute atomic E-state index is 11.7. The minimum atomic E-state index is -0.466. The van der Waals surface area contributed by atoms with Crippen molar-refractivity contribution < 1.29 is 14.4 Å². The molecule has 3 rings (SSSR count). The van der Waals surface area contributed by atoms with Crippen LogP contribution in [0.25, 0.3) is 5.65 Å². The number of aromatic nitrogens is 3. The molecule has 3 amide bonds. The molecule has 0 unspecified atom stereocenters. The number of imide groups is 1. The van der Waals surface area contributed by atoms with Gasteiger partial charge in [0, 0.05) is 13.0 Å². The van der Waals surface area contributed by atoms with E-state index in [0.717, 1.165) is 0 Å². The Labute approximate surface area is 107 Å². The van der Waals surface area contributed by atoms with Gasteiger partial charge in [-0.25, -0.2) is 14.3 Å². The van der Waals surface area contributed by atoms with Crippen LogP contribution in [0, 0.1) is 0 Å². The van der Waals surface area contributed by atoms with Crippen molar-refractivity contribution in [3.05, 3.63) is 24.2 Å². The molecule has 0 saturated carbocycles. The van der Waals surface area contributed by atoms with Crippen molar-refractivity contribution in [1.82, 2.24) is 19.9 Å². The molecule has 0 spiro atoms. The topological polar surface area (TPSA) is 96.7 Å². The van der Waals surface area contributed by atoms with Crippen molar-refractivity contribution in [3.8, 4) is 0 Å². The van der Waals surface area contributed by atoms with Gasteiger partial charge in [0.2, 0.25) is 11.7 Å². The molecule has 1 aliphatic rings. The Morgan fingerprint density at radius 3 is 2.89 bits per heavy atom. The minimum Gasteiger partial charge on any atom is -0.294 e. The highest BCUT2D eigenvalue weighted by Crippen LogP contribution is 2.17. The van der Waals surface area contributed by atoms with Crippen LogP contribution in [0.5, 0.6) is 0 Å². The van der Waals surface area contributed by atoms with E-state index in [1.807, 2.05) is 0 Å². The van der Waals surface area contributed by atoms with Crippen LogP contribution in [0.2, 0.25) is 0 Å². The first-order chi connectivity index (χ1) is 9.17. The predicted octanol–water partition coefficient (Wildman–Crippen LogP) is -0.0119. The van der Waals surface area contributed by atoms with Crippen molar-refractivity contribution in [2.75, 3.05) is 11.4 Å². The van der Waals surface area contributed by atoms with Gasteiger partial charge >= 0.3 is 6.03 Å². The normalized spacial score (nSPS) is 15.7. The number of nitrogens with one attached hydrogen (secondary N) is 1. The molecular weight excluding hydrogens is 250 g/mol. The van der Waals surface area contributed by atoms with Crippen molar-refractivity contribution in [2.24, 2.45) is 0 Å². The number of urea groups is 1. The van der Waals surface area contributed by atoms with Gasteiger partial charge in [0.05, 0.1) is 11.9 Å². The SMILES string of the molecule is O=Cc1nc2ccc(N3CCC(=O)NC3=O)cn2n1. The van der Waals surface area contributed by atoms with Crippen molar-refractivity contribution in [3.63, 3.8) is 0 Å². The predicted molar refractivity (Wildman–Crippen MR) is 63.9 cm³/mol. The zero-order chi connectivity index (χ0) is 13.4. The molecule has 1 fully saturated rings. The number of anilines is 1. The zero-order valence-electron chi connectivity index (χ0n) is 9.74. The number of aldehydes is 1. The lowest BCUT2D eigenvalue weighted by molar-refractivity contribution is -0.120. The number of nitrogens with zero attached hydrogens (tertiary/aromatic N) is 4. The molecule has 1 saturated heterocycles. The second-order valence-electron chi connectivity index (χ2n) is 4.03. The van der Waals surface area contributed by atoms with Crippen LogP contribution >= 0.6 is 0 Å². The third kappa shape index (κ3) is 1.92. The van der Waals surface area contributed by atoms with Gasteiger partial charge in [-0.1, -0.05) is 0 Å². The summed E-state index contributed by atoms with van der Waals surface area (Å²) in [6.07, 6.45) is 2.39. The molecule has 19 heavy (non-hydrogen) atoms. The molecule has 96 valence electrons. The summed E-state index contributed by atoms with van der Waals surface area (Å²) in [6, 6.07) is 2.87. The van der Waals surface area contributed by atoms with Crippen molar-refractivity contribution in [1.29, 1.82) is 0 Å². The third-order valence-corrected chi connectivity index (χ3v) is 2.80. The first-order valence-corrected chi connectivity index (χ1v) is 5.60. The van der Waals surface area contributed by atoms with Gasteiger partial charge in [-0.3, -0.25) is 19.8 Å². The Kier molecular flexibility index (Phi) is 2.48. The molecule has 0 aromatic carbocycles. The average molecular weight is 259 g/mol. The number of carbonyl (C=O) groups is 3. The lowest BCUT2D eigenvalue weighted by Crippen LogP contribution is -2.49. The van der Waals surface area contributed by atoms with E-state index in [2.05, 4.69) is 15.4 Å². The summed E-state index contributed by atoms with van der Waals surface area (Å²) in [5, 5.41) is 6.18. The average Bonchev–Trinajstić information content (AvgIpc) is 2.80. The standard InChI is InChI=1S/C11H9N5O3/c17-6-8-12-9-2-1-7(5-16(9)14-8)15-4-3-10(18)13-11(15)19/h1-2,5-6H,3-4H2,(H,13,18,19). The summed E-state index contributed by atoms with van der Waals surface area (Å²) in [4.78, 5) is 38.8. The second-order valence-corrected chi connectivity index (χ2v) is 4.03. The van der Waals surface area contributed by atoms with Crippen LogP contribution in [-0.4, -0.2) is 39.4 Å². The summed E-state index contributed by atoms with van der Waals surface area (Å²) in [5.74, 6) is -0.207. The van der Waals surface area contributed by atoms with Crippen LogP contribution in [0.1, 0.15) is 17.0 Å². The smallest absolute Gasteiger partial charge is 0.294 e. The fourth-order valence-electron chi connectivity index (χ4n) is 1.91. The number of hydrogen-bond donors (Lipinski definition) is 1. The van der Waals surface area contributed by atoms with Gasteiger partial charge in [-0.15, -0.1) is 5.10 Å². The molecule has 2 aromatic rings. The van der Waals surface area contributed by atoms with E-state index in [0.29, 0.717) is 24.2 Å². The minimum absolute atomic E-state index is 0.0791. The summed E-state index contributed by atoms with van der Waals surface area (Å²) in [7, 11) is 0. The summed E-state index contributed by atoms with van der Waals surface area (Å²) >= 11 is 0. The number of pyridine rings is 1. The van der Waals surface area contributed by atoms with E-state index in [9.17, 15) is 14.4 Å². The zero-order valence-corrected chi connectivity index (χ0v) is 9.74. The fourth-order valence-corrected chi connectivity index (χ4v) is 1.91. The van der Waals surface area contributed by atoms with Gasteiger partial charge in [-0.2, -0.15) is 0 Å². The molecule has 1 N–H and O–H groups in total. The molecular formula is C11H9N5O3. The summed E-state index contributed by atoms with van der Waals surface area (Å²) < 4.78 is 1.42. The van der Waals surface area contributed by atoms with Crippen LogP contribution in [-0.2, 0) is 4.79 Å². The summed E-state index contributed by atoms with van der Waals surface area (Å²) in [6.45, 7) is 0.311. The van der Waals surface area contributed by atoms with Crippen molar-refractivity contribution in [2.45, 2.75) is 6.42 Å². The van der Waals surface area contributed by atoms with E-state index in [-0.39, 0.29) is 18.2 Å². The van der Waals surface area contributed by atoms with E-state index in [4.69, 9.17) is 0 Å². The van der Waals surface area contributed by atoms with Gasteiger partial charge in [-0.05, 0) is 12.1 Å². The Bertz CT molecular complexity index is 693. The van der Waals surface area contributed by atoms with Crippen LogP contribution in [0.15, 0.2) is 18.3 Å². The van der Waals surface area contributed by atoms with E-state index in [1.54, 1.807) is 18.3 Å². The molecule has 2 aromatic heterocycles.